The van der Waals surface area contributed by atoms with Gasteiger partial charge in [-0.05, 0) is 90.8 Å². The molecule has 0 radical (unpaired) electrons. The third-order valence-corrected chi connectivity index (χ3v) is 14.6. The molecule has 302 valence electrons. The van der Waals surface area contributed by atoms with Gasteiger partial charge < -0.3 is 39.3 Å². The molecule has 17 heteroatoms. The van der Waals surface area contributed by atoms with Gasteiger partial charge in [0.1, 0.15) is 17.2 Å². The Morgan fingerprint density at radius 3 is 1.38 bits per heavy atom. The lowest BCUT2D eigenvalue weighted by atomic mass is 9.78. The molecule has 14 nitrogen and oxygen atoms in total. The molecule has 58 heavy (non-hydrogen) atoms. The molecule has 0 saturated heterocycles. The van der Waals surface area contributed by atoms with E-state index in [1.54, 1.807) is 19.2 Å². The first-order chi connectivity index (χ1) is 27.2. The van der Waals surface area contributed by atoms with Crippen LogP contribution in [0, 0.1) is 6.92 Å². The van der Waals surface area contributed by atoms with E-state index in [9.17, 15) is 47.3 Å². The largest absolute Gasteiger partial charge is 0.497 e. The molecule has 6 rings (SSSR count). The maximum atomic E-state index is 14.9. The second-order valence-electron chi connectivity index (χ2n) is 14.0. The first-order valence-electron chi connectivity index (χ1n) is 17.5. The summed E-state index contributed by atoms with van der Waals surface area (Å²) in [5.74, 6) is 0.831. The molecule has 0 saturated carbocycles. The molecule has 2 heterocycles. The third-order valence-electron chi connectivity index (χ3n) is 10.0. The van der Waals surface area contributed by atoms with Crippen LogP contribution in [0.15, 0.2) is 144 Å². The van der Waals surface area contributed by atoms with Crippen molar-refractivity contribution >= 4 is 25.0 Å². The monoisotopic (exact) mass is 846 g/mol. The first kappa shape index (κ1) is 42.6. The molecule has 0 aliphatic rings. The van der Waals surface area contributed by atoms with Crippen molar-refractivity contribution in [3.05, 3.63) is 173 Å². The van der Waals surface area contributed by atoms with Crippen LogP contribution in [0.25, 0.3) is 0 Å². The van der Waals surface area contributed by atoms with Gasteiger partial charge in [-0.3, -0.25) is 19.1 Å². The normalized spacial score (nSPS) is 14.6. The van der Waals surface area contributed by atoms with Crippen molar-refractivity contribution < 1.29 is 56.8 Å². The lowest BCUT2D eigenvalue weighted by Crippen LogP contribution is -2.31. The molecule has 6 aromatic rings. The number of hydrogen-bond donors (Lipinski definition) is 6. The second kappa shape index (κ2) is 15.6. The van der Waals surface area contributed by atoms with Crippen LogP contribution in [-0.2, 0) is 35.1 Å². The van der Waals surface area contributed by atoms with Crippen LogP contribution >= 0.6 is 15.2 Å². The molecule has 6 N–H and O–H groups in total. The molecule has 2 atom stereocenters. The van der Waals surface area contributed by atoms with Crippen LogP contribution in [-0.4, -0.2) is 55.3 Å². The molecule has 0 aliphatic carbocycles. The van der Waals surface area contributed by atoms with E-state index in [0.29, 0.717) is 11.3 Å². The Kier molecular flexibility index (Phi) is 11.5. The Hall–Kier alpha value is -5.05. The van der Waals surface area contributed by atoms with Crippen LogP contribution in [0.1, 0.15) is 52.8 Å². The number of methoxy groups -OCH3 is 1. The Labute approximate surface area is 334 Å². The molecule has 0 bridgehead atoms. The summed E-state index contributed by atoms with van der Waals surface area (Å²) < 4.78 is 67.9. The topological polar surface area (TPSA) is 234 Å². The van der Waals surface area contributed by atoms with E-state index in [4.69, 9.17) is 9.47 Å². The third kappa shape index (κ3) is 7.64. The van der Waals surface area contributed by atoms with Crippen molar-refractivity contribution in [3.8, 4) is 17.2 Å². The van der Waals surface area contributed by atoms with Gasteiger partial charge in [0.05, 0.1) is 16.9 Å². The molecule has 2 unspecified atom stereocenters. The predicted octanol–water partition coefficient (Wildman–Crippen LogP) is 6.49. The van der Waals surface area contributed by atoms with Crippen molar-refractivity contribution in [2.45, 2.75) is 46.7 Å². The molecule has 2 aromatic heterocycles. The standard InChI is InChI=1S/C41H40N2O12P2S/c1-27-5-15-37(35(25-27)40(44,56(46,47)48)30-17-21-42-22-18-30)58(52,53)38-16-14-34(26-36(38)41(45,57(49,50)51)31-19-23-43-24-20-31)55-33-12-8-29(9-13-33)39(2,3)28-6-10-32(54-4)11-7-28/h5-26,44-45H,1-4H3,(H2,46,47,48)(H2,49,50,51). The number of benzene rings is 4. The van der Waals surface area contributed by atoms with Gasteiger partial charge in [-0.1, -0.05) is 55.8 Å². The highest BCUT2D eigenvalue weighted by atomic mass is 32.2. The summed E-state index contributed by atoms with van der Waals surface area (Å²) in [6.45, 7) is 5.58. The van der Waals surface area contributed by atoms with Crippen LogP contribution in [0.2, 0.25) is 0 Å². The SMILES string of the molecule is COc1ccc(C(C)(C)c2ccc(Oc3ccc(S(=O)(=O)c4ccc(C)cc4C(O)(c4ccncc4)P(=O)(O)O)c(C(O)(c4ccncc4)P(=O)(O)O)c3)cc2)cc1. The number of aliphatic hydroxyl groups is 2. The van der Waals surface area contributed by atoms with Crippen molar-refractivity contribution in [1.82, 2.24) is 9.97 Å². The summed E-state index contributed by atoms with van der Waals surface area (Å²) >= 11 is 0. The van der Waals surface area contributed by atoms with E-state index < -0.39 is 67.6 Å². The summed E-state index contributed by atoms with van der Waals surface area (Å²) in [4.78, 5) is 48.9. The molecule has 0 fully saturated rings. The molecule has 0 spiro atoms. The Morgan fingerprint density at radius 1 is 0.552 bits per heavy atom. The Morgan fingerprint density at radius 2 is 0.948 bits per heavy atom. The van der Waals surface area contributed by atoms with Crippen LogP contribution in [0.4, 0.5) is 0 Å². The number of nitrogens with zero attached hydrogens (tertiary/aromatic N) is 2. The van der Waals surface area contributed by atoms with Crippen molar-refractivity contribution in [2.24, 2.45) is 0 Å². The van der Waals surface area contributed by atoms with Crippen LogP contribution in [0.5, 0.6) is 17.2 Å². The fraction of sp³-hybridized carbons (Fsp3) is 0.171. The van der Waals surface area contributed by atoms with Crippen molar-refractivity contribution in [3.63, 3.8) is 0 Å². The number of rotatable bonds is 13. The zero-order valence-electron chi connectivity index (χ0n) is 31.5. The molecule has 4 aromatic carbocycles. The fourth-order valence-corrected chi connectivity index (χ4v) is 10.6. The maximum Gasteiger partial charge on any atom is 0.366 e. The highest BCUT2D eigenvalue weighted by Crippen LogP contribution is 2.62. The average molecular weight is 847 g/mol. The second-order valence-corrected chi connectivity index (χ2v) is 19.4. The van der Waals surface area contributed by atoms with E-state index in [1.807, 2.05) is 50.2 Å². The fourth-order valence-electron chi connectivity index (χ4n) is 6.73. The van der Waals surface area contributed by atoms with Gasteiger partial charge >= 0.3 is 15.2 Å². The minimum absolute atomic E-state index is 0.135. The molecule has 0 aliphatic heterocycles. The first-order valence-corrected chi connectivity index (χ1v) is 22.2. The van der Waals surface area contributed by atoms with Crippen molar-refractivity contribution in [1.29, 1.82) is 0 Å². The average Bonchev–Trinajstić information content (AvgIpc) is 3.20. The number of aryl methyl sites for hydroxylation is 1. The maximum absolute atomic E-state index is 14.9. The molecule has 0 amide bonds. The zero-order valence-corrected chi connectivity index (χ0v) is 34.1. The molecular weight excluding hydrogens is 806 g/mol. The van der Waals surface area contributed by atoms with Gasteiger partial charge in [0, 0.05) is 52.5 Å². The van der Waals surface area contributed by atoms with Gasteiger partial charge in [0.2, 0.25) is 20.5 Å². The van der Waals surface area contributed by atoms with Gasteiger partial charge in [-0.2, -0.15) is 0 Å². The van der Waals surface area contributed by atoms with Crippen LogP contribution < -0.4 is 9.47 Å². The summed E-state index contributed by atoms with van der Waals surface area (Å²) in [6.07, 6.45) is 4.60. The highest BCUT2D eigenvalue weighted by Gasteiger charge is 2.54. The predicted molar refractivity (Wildman–Crippen MR) is 213 cm³/mol. The smallest absolute Gasteiger partial charge is 0.366 e. The van der Waals surface area contributed by atoms with E-state index >= 15 is 0 Å². The minimum atomic E-state index is -5.79. The lowest BCUT2D eigenvalue weighted by molar-refractivity contribution is 0.124. The Bertz CT molecular complexity index is 2650. The summed E-state index contributed by atoms with van der Waals surface area (Å²) in [5.41, 5.74) is -0.607. The quantitative estimate of drug-likeness (QED) is 0.0683. The van der Waals surface area contributed by atoms with E-state index in [2.05, 4.69) is 9.97 Å². The van der Waals surface area contributed by atoms with E-state index in [-0.39, 0.29) is 17.1 Å². The number of hydrogen-bond acceptors (Lipinski definition) is 10. The highest BCUT2D eigenvalue weighted by molar-refractivity contribution is 7.91. The minimum Gasteiger partial charge on any atom is -0.497 e. The lowest BCUT2D eigenvalue weighted by Gasteiger charge is -2.33. The number of sulfone groups is 1. The number of pyridine rings is 2. The summed E-state index contributed by atoms with van der Waals surface area (Å²) in [5, 5.41) is 17.6. The van der Waals surface area contributed by atoms with Gasteiger partial charge in [0.15, 0.2) is 0 Å². The van der Waals surface area contributed by atoms with Crippen LogP contribution in [0.3, 0.4) is 0 Å². The van der Waals surface area contributed by atoms with E-state index in [1.165, 1.54) is 19.1 Å². The summed E-state index contributed by atoms with van der Waals surface area (Å²) in [6, 6.07) is 25.5. The van der Waals surface area contributed by atoms with Gasteiger partial charge in [-0.25, -0.2) is 8.42 Å². The Balaban J connectivity index is 1.53. The molecular formula is C41H40N2O12P2S. The summed E-state index contributed by atoms with van der Waals surface area (Å²) in [7, 11) is -15.1. The zero-order chi connectivity index (χ0) is 42.3. The van der Waals surface area contributed by atoms with E-state index in [0.717, 1.165) is 84.4 Å². The van der Waals surface area contributed by atoms with Gasteiger partial charge in [-0.15, -0.1) is 0 Å². The number of aromatic nitrogens is 2. The van der Waals surface area contributed by atoms with Crippen molar-refractivity contribution in [2.75, 3.05) is 7.11 Å². The van der Waals surface area contributed by atoms with Gasteiger partial charge in [0.25, 0.3) is 0 Å². The number of ether oxygens (including phenoxy) is 2.